The Bertz CT molecular complexity index is 466. The lowest BCUT2D eigenvalue weighted by molar-refractivity contribution is 0.331. The van der Waals surface area contributed by atoms with Crippen LogP contribution >= 0.6 is 0 Å². The number of hydrogen-bond donors (Lipinski definition) is 1. The number of ether oxygens (including phenoxy) is 1. The fourth-order valence-corrected chi connectivity index (χ4v) is 1.68. The highest BCUT2D eigenvalue weighted by Gasteiger charge is 1.96. The van der Waals surface area contributed by atoms with Crippen molar-refractivity contribution in [2.75, 3.05) is 18.5 Å². The third-order valence-electron chi connectivity index (χ3n) is 2.51. The third kappa shape index (κ3) is 3.77. The average Bonchev–Trinajstić information content (AvgIpc) is 2.35. The third-order valence-corrected chi connectivity index (χ3v) is 2.51. The molecule has 1 N–H and O–H groups in total. The highest BCUT2D eigenvalue weighted by Crippen LogP contribution is 2.12. The molecule has 94 valence electrons. The monoisotopic (exact) mass is 245 g/mol. The molecule has 2 aromatic carbocycles. The molecule has 0 aliphatic rings. The van der Waals surface area contributed by atoms with Crippen LogP contribution in [0.25, 0.3) is 0 Å². The molecule has 0 heterocycles. The topological polar surface area (TPSA) is 21.3 Å². The van der Waals surface area contributed by atoms with Crippen LogP contribution < -0.4 is 10.1 Å². The molecule has 0 saturated heterocycles. The van der Waals surface area contributed by atoms with E-state index in [-0.39, 0.29) is 5.82 Å². The number of rotatable bonds is 5. The Balaban J connectivity index is 1.76. The van der Waals surface area contributed by atoms with Crippen molar-refractivity contribution in [3.63, 3.8) is 0 Å². The Morgan fingerprint density at radius 1 is 1.11 bits per heavy atom. The molecule has 0 spiro atoms. The maximum atomic E-state index is 12.9. The largest absolute Gasteiger partial charge is 0.492 e. The van der Waals surface area contributed by atoms with E-state index in [4.69, 9.17) is 4.74 Å². The molecule has 0 aliphatic carbocycles. The predicted molar refractivity (Wildman–Crippen MR) is 71.6 cm³/mol. The zero-order valence-corrected chi connectivity index (χ0v) is 10.3. The van der Waals surface area contributed by atoms with E-state index < -0.39 is 0 Å². The van der Waals surface area contributed by atoms with Gasteiger partial charge in [-0.05, 0) is 36.8 Å². The van der Waals surface area contributed by atoms with E-state index >= 15 is 0 Å². The molecule has 2 aromatic rings. The summed E-state index contributed by atoms with van der Waals surface area (Å²) in [6, 6.07) is 14.3. The van der Waals surface area contributed by atoms with Gasteiger partial charge in [0.15, 0.2) is 0 Å². The Hall–Kier alpha value is -2.03. The molecule has 0 aromatic heterocycles. The van der Waals surface area contributed by atoms with Gasteiger partial charge < -0.3 is 10.1 Å². The SMILES string of the molecule is Cc1cccc(NCCOc2cccc(F)c2)c1. The fourth-order valence-electron chi connectivity index (χ4n) is 1.68. The smallest absolute Gasteiger partial charge is 0.126 e. The van der Waals surface area contributed by atoms with E-state index in [9.17, 15) is 4.39 Å². The van der Waals surface area contributed by atoms with Crippen molar-refractivity contribution in [3.8, 4) is 5.75 Å². The van der Waals surface area contributed by atoms with Gasteiger partial charge in [0.1, 0.15) is 18.2 Å². The fraction of sp³-hybridized carbons (Fsp3) is 0.200. The zero-order valence-electron chi connectivity index (χ0n) is 10.3. The van der Waals surface area contributed by atoms with Crippen LogP contribution in [0.3, 0.4) is 0 Å². The summed E-state index contributed by atoms with van der Waals surface area (Å²) in [5.74, 6) is 0.278. The van der Waals surface area contributed by atoms with E-state index in [0.29, 0.717) is 18.9 Å². The molecule has 0 fully saturated rings. The van der Waals surface area contributed by atoms with Gasteiger partial charge in [0.25, 0.3) is 0 Å². The molecule has 18 heavy (non-hydrogen) atoms. The summed E-state index contributed by atoms with van der Waals surface area (Å²) in [6.07, 6.45) is 0. The second-order valence-electron chi connectivity index (χ2n) is 4.10. The lowest BCUT2D eigenvalue weighted by Crippen LogP contribution is -2.11. The lowest BCUT2D eigenvalue weighted by Gasteiger charge is -2.09. The number of hydrogen-bond acceptors (Lipinski definition) is 2. The Morgan fingerprint density at radius 3 is 2.72 bits per heavy atom. The summed E-state index contributed by atoms with van der Waals surface area (Å²) in [7, 11) is 0. The molecule has 0 bridgehead atoms. The van der Waals surface area contributed by atoms with Crippen molar-refractivity contribution in [1.82, 2.24) is 0 Å². The van der Waals surface area contributed by atoms with Crippen molar-refractivity contribution in [2.45, 2.75) is 6.92 Å². The normalized spacial score (nSPS) is 10.1. The molecular weight excluding hydrogens is 229 g/mol. The number of halogens is 1. The second kappa shape index (κ2) is 6.05. The van der Waals surface area contributed by atoms with Crippen LogP contribution in [0.5, 0.6) is 5.75 Å². The second-order valence-corrected chi connectivity index (χ2v) is 4.10. The van der Waals surface area contributed by atoms with Gasteiger partial charge in [-0.15, -0.1) is 0 Å². The molecular formula is C15H16FNO. The molecule has 0 amide bonds. The minimum atomic E-state index is -0.279. The predicted octanol–water partition coefficient (Wildman–Crippen LogP) is 3.63. The molecule has 0 atom stereocenters. The van der Waals surface area contributed by atoms with E-state index in [1.165, 1.54) is 17.7 Å². The Morgan fingerprint density at radius 2 is 1.94 bits per heavy atom. The lowest BCUT2D eigenvalue weighted by atomic mass is 10.2. The quantitative estimate of drug-likeness (QED) is 0.812. The van der Waals surface area contributed by atoms with Gasteiger partial charge in [0, 0.05) is 18.3 Å². The van der Waals surface area contributed by atoms with E-state index in [0.717, 1.165) is 5.69 Å². The van der Waals surface area contributed by atoms with Crippen molar-refractivity contribution in [2.24, 2.45) is 0 Å². The first kappa shape index (κ1) is 12.4. The molecule has 0 unspecified atom stereocenters. The van der Waals surface area contributed by atoms with Crippen molar-refractivity contribution in [1.29, 1.82) is 0 Å². The van der Waals surface area contributed by atoms with Gasteiger partial charge in [-0.3, -0.25) is 0 Å². The maximum absolute atomic E-state index is 12.9. The summed E-state index contributed by atoms with van der Waals surface area (Å²) in [6.45, 7) is 3.23. The van der Waals surface area contributed by atoms with Crippen LogP contribution in [-0.4, -0.2) is 13.2 Å². The maximum Gasteiger partial charge on any atom is 0.126 e. The number of anilines is 1. The van der Waals surface area contributed by atoms with Gasteiger partial charge in [0.05, 0.1) is 0 Å². The van der Waals surface area contributed by atoms with Crippen molar-refractivity contribution >= 4 is 5.69 Å². The van der Waals surface area contributed by atoms with Crippen LogP contribution in [0, 0.1) is 12.7 Å². The van der Waals surface area contributed by atoms with Crippen molar-refractivity contribution in [3.05, 3.63) is 59.9 Å². The van der Waals surface area contributed by atoms with E-state index in [1.807, 2.05) is 12.1 Å². The van der Waals surface area contributed by atoms with Crippen molar-refractivity contribution < 1.29 is 9.13 Å². The first-order chi connectivity index (χ1) is 8.74. The Labute approximate surface area is 106 Å². The first-order valence-corrected chi connectivity index (χ1v) is 5.93. The van der Waals surface area contributed by atoms with Gasteiger partial charge in [0.2, 0.25) is 0 Å². The minimum absolute atomic E-state index is 0.279. The molecule has 0 aliphatic heterocycles. The Kier molecular flexibility index (Phi) is 4.18. The van der Waals surface area contributed by atoms with Crippen LogP contribution in [0.1, 0.15) is 5.56 Å². The minimum Gasteiger partial charge on any atom is -0.492 e. The standard InChI is InChI=1S/C15H16FNO/c1-12-4-2-6-14(10-12)17-8-9-18-15-7-3-5-13(16)11-15/h2-7,10-11,17H,8-9H2,1H3. The highest BCUT2D eigenvalue weighted by atomic mass is 19.1. The number of nitrogens with one attached hydrogen (secondary N) is 1. The molecule has 0 saturated carbocycles. The van der Waals surface area contributed by atoms with Gasteiger partial charge in [-0.1, -0.05) is 18.2 Å². The summed E-state index contributed by atoms with van der Waals surface area (Å²) in [5.41, 5.74) is 2.28. The number of benzene rings is 2. The van der Waals surface area contributed by atoms with Crippen LogP contribution in [0.4, 0.5) is 10.1 Å². The van der Waals surface area contributed by atoms with Crippen LogP contribution in [0.2, 0.25) is 0 Å². The highest BCUT2D eigenvalue weighted by molar-refractivity contribution is 5.45. The van der Waals surface area contributed by atoms with Gasteiger partial charge in [-0.2, -0.15) is 0 Å². The first-order valence-electron chi connectivity index (χ1n) is 5.93. The summed E-state index contributed by atoms with van der Waals surface area (Å²) in [5, 5.41) is 3.25. The summed E-state index contributed by atoms with van der Waals surface area (Å²) >= 11 is 0. The molecule has 0 radical (unpaired) electrons. The van der Waals surface area contributed by atoms with E-state index in [1.54, 1.807) is 12.1 Å². The van der Waals surface area contributed by atoms with Crippen LogP contribution in [-0.2, 0) is 0 Å². The number of aryl methyl sites for hydroxylation is 1. The summed E-state index contributed by atoms with van der Waals surface area (Å²) < 4.78 is 18.3. The van der Waals surface area contributed by atoms with Crippen LogP contribution in [0.15, 0.2) is 48.5 Å². The zero-order chi connectivity index (χ0) is 12.8. The molecule has 3 heteroatoms. The molecule has 2 nitrogen and oxygen atoms in total. The van der Waals surface area contributed by atoms with E-state index in [2.05, 4.69) is 24.4 Å². The average molecular weight is 245 g/mol. The molecule has 2 rings (SSSR count). The summed E-state index contributed by atoms with van der Waals surface area (Å²) in [4.78, 5) is 0. The van der Waals surface area contributed by atoms with Gasteiger partial charge in [-0.25, -0.2) is 4.39 Å². The van der Waals surface area contributed by atoms with Gasteiger partial charge >= 0.3 is 0 Å².